The number of phenolic OH excluding ortho intramolecular Hbond substituents is 1. The fourth-order valence-corrected chi connectivity index (χ4v) is 1.42. The van der Waals surface area contributed by atoms with E-state index < -0.39 is 4.92 Å². The molecule has 0 saturated carbocycles. The van der Waals surface area contributed by atoms with Gasteiger partial charge in [-0.3, -0.25) is 10.1 Å². The topological polar surface area (TPSA) is 75.4 Å². The van der Waals surface area contributed by atoms with Crippen LogP contribution in [0.4, 0.5) is 11.4 Å². The molecule has 0 heterocycles. The van der Waals surface area contributed by atoms with Crippen LogP contribution in [0.1, 0.15) is 26.2 Å². The lowest BCUT2D eigenvalue weighted by molar-refractivity contribution is -0.385. The minimum atomic E-state index is -0.591. The third-order valence-corrected chi connectivity index (χ3v) is 2.31. The molecule has 1 rings (SSSR count). The van der Waals surface area contributed by atoms with E-state index in [2.05, 4.69) is 12.2 Å². The van der Waals surface area contributed by atoms with E-state index in [0.29, 0.717) is 12.2 Å². The number of hydrogen-bond donors (Lipinski definition) is 2. The Kier molecular flexibility index (Phi) is 4.57. The zero-order chi connectivity index (χ0) is 12.0. The quantitative estimate of drug-likeness (QED) is 0.337. The summed E-state index contributed by atoms with van der Waals surface area (Å²) in [5.41, 5.74) is 0.158. The van der Waals surface area contributed by atoms with Gasteiger partial charge in [-0.2, -0.15) is 0 Å². The van der Waals surface area contributed by atoms with Gasteiger partial charge in [-0.15, -0.1) is 0 Å². The van der Waals surface area contributed by atoms with E-state index in [-0.39, 0.29) is 11.4 Å². The number of nitrogens with one attached hydrogen (secondary N) is 1. The second-order valence-electron chi connectivity index (χ2n) is 3.56. The van der Waals surface area contributed by atoms with Crippen molar-refractivity contribution in [1.82, 2.24) is 0 Å². The number of aromatic hydroxyl groups is 1. The van der Waals surface area contributed by atoms with Crippen LogP contribution in [-0.2, 0) is 0 Å². The Balaban J connectivity index is 2.66. The number of rotatable bonds is 6. The Hall–Kier alpha value is -1.78. The van der Waals surface area contributed by atoms with Crippen LogP contribution in [0.5, 0.6) is 5.75 Å². The van der Waals surface area contributed by atoms with Crippen LogP contribution in [-0.4, -0.2) is 16.6 Å². The van der Waals surface area contributed by atoms with Crippen molar-refractivity contribution in [3.8, 4) is 5.75 Å². The number of nitro groups is 1. The molecule has 0 fully saturated rings. The Morgan fingerprint density at radius 1 is 1.44 bits per heavy atom. The van der Waals surface area contributed by atoms with Crippen LogP contribution in [0, 0.1) is 10.1 Å². The van der Waals surface area contributed by atoms with E-state index in [1.807, 2.05) is 0 Å². The molecule has 2 N–H and O–H groups in total. The SMILES string of the molecule is CCCCCNc1cccc([N+](=O)[O-])c1O. The average Bonchev–Trinajstić information content (AvgIpc) is 2.26. The third-order valence-electron chi connectivity index (χ3n) is 2.31. The summed E-state index contributed by atoms with van der Waals surface area (Å²) in [6.45, 7) is 2.81. The summed E-state index contributed by atoms with van der Waals surface area (Å²) >= 11 is 0. The van der Waals surface area contributed by atoms with E-state index in [4.69, 9.17) is 0 Å². The minimum absolute atomic E-state index is 0.263. The molecule has 5 heteroatoms. The predicted molar refractivity (Wildman–Crippen MR) is 62.8 cm³/mol. The molecule has 0 saturated heterocycles. The normalized spacial score (nSPS) is 10.1. The summed E-state index contributed by atoms with van der Waals surface area (Å²) in [6.07, 6.45) is 3.20. The van der Waals surface area contributed by atoms with E-state index >= 15 is 0 Å². The molecule has 16 heavy (non-hydrogen) atoms. The Labute approximate surface area is 94.3 Å². The molecule has 0 aliphatic heterocycles. The smallest absolute Gasteiger partial charge is 0.312 e. The fraction of sp³-hybridized carbons (Fsp3) is 0.455. The van der Waals surface area contributed by atoms with Crippen molar-refractivity contribution in [2.75, 3.05) is 11.9 Å². The first kappa shape index (κ1) is 12.3. The standard InChI is InChI=1S/C11H16N2O3/c1-2-3-4-8-12-9-6-5-7-10(11(9)14)13(15)16/h5-7,12,14H,2-4,8H2,1H3. The molecule has 5 nitrogen and oxygen atoms in total. The van der Waals surface area contributed by atoms with E-state index in [9.17, 15) is 15.2 Å². The fourth-order valence-electron chi connectivity index (χ4n) is 1.42. The van der Waals surface area contributed by atoms with Gasteiger partial charge in [-0.25, -0.2) is 0 Å². The molecule has 0 aliphatic carbocycles. The molecule has 0 aliphatic rings. The first-order valence-electron chi connectivity index (χ1n) is 5.37. The molecule has 0 amide bonds. The summed E-state index contributed by atoms with van der Waals surface area (Å²) in [4.78, 5) is 9.98. The number of nitro benzene ring substituents is 1. The number of phenols is 1. The number of hydrogen-bond acceptors (Lipinski definition) is 4. The van der Waals surface area contributed by atoms with Gasteiger partial charge in [0.1, 0.15) is 0 Å². The highest BCUT2D eigenvalue weighted by atomic mass is 16.6. The summed E-state index contributed by atoms with van der Waals surface area (Å²) in [5.74, 6) is -0.288. The maximum absolute atomic E-state index is 10.6. The van der Waals surface area contributed by atoms with Gasteiger partial charge in [0.15, 0.2) is 0 Å². The molecule has 0 aromatic heterocycles. The van der Waals surface area contributed by atoms with Crippen LogP contribution < -0.4 is 5.32 Å². The zero-order valence-electron chi connectivity index (χ0n) is 9.27. The molecule has 1 aromatic carbocycles. The molecule has 0 radical (unpaired) electrons. The number of unbranched alkanes of at least 4 members (excludes halogenated alkanes) is 2. The van der Waals surface area contributed by atoms with Crippen LogP contribution >= 0.6 is 0 Å². The van der Waals surface area contributed by atoms with Gasteiger partial charge in [0, 0.05) is 12.6 Å². The van der Waals surface area contributed by atoms with Crippen molar-refractivity contribution in [3.05, 3.63) is 28.3 Å². The predicted octanol–water partition coefficient (Wildman–Crippen LogP) is 2.90. The minimum Gasteiger partial charge on any atom is -0.501 e. The van der Waals surface area contributed by atoms with Gasteiger partial charge in [-0.1, -0.05) is 25.8 Å². The molecule has 0 unspecified atom stereocenters. The number of nitrogens with zero attached hydrogens (tertiary/aromatic N) is 1. The average molecular weight is 224 g/mol. The maximum atomic E-state index is 10.6. The zero-order valence-corrected chi connectivity index (χ0v) is 9.27. The summed E-state index contributed by atoms with van der Waals surface area (Å²) in [5, 5.41) is 23.2. The highest BCUT2D eigenvalue weighted by Gasteiger charge is 2.15. The van der Waals surface area contributed by atoms with Crippen molar-refractivity contribution in [2.24, 2.45) is 0 Å². The Morgan fingerprint density at radius 2 is 2.19 bits per heavy atom. The molecule has 0 atom stereocenters. The van der Waals surface area contributed by atoms with Crippen molar-refractivity contribution in [3.63, 3.8) is 0 Å². The lowest BCUT2D eigenvalue weighted by Gasteiger charge is -2.07. The molecular formula is C11H16N2O3. The van der Waals surface area contributed by atoms with E-state index in [1.54, 1.807) is 12.1 Å². The molecule has 0 spiro atoms. The van der Waals surface area contributed by atoms with E-state index in [0.717, 1.165) is 19.3 Å². The Morgan fingerprint density at radius 3 is 2.81 bits per heavy atom. The van der Waals surface area contributed by atoms with Gasteiger partial charge in [-0.05, 0) is 12.5 Å². The molecular weight excluding hydrogens is 208 g/mol. The lowest BCUT2D eigenvalue weighted by atomic mass is 10.2. The largest absolute Gasteiger partial charge is 0.501 e. The van der Waals surface area contributed by atoms with Gasteiger partial charge < -0.3 is 10.4 Å². The van der Waals surface area contributed by atoms with Gasteiger partial charge in [0.25, 0.3) is 0 Å². The monoisotopic (exact) mass is 224 g/mol. The summed E-state index contributed by atoms with van der Waals surface area (Å²) in [7, 11) is 0. The van der Waals surface area contributed by atoms with E-state index in [1.165, 1.54) is 6.07 Å². The number of benzene rings is 1. The van der Waals surface area contributed by atoms with Crippen LogP contribution in [0.2, 0.25) is 0 Å². The van der Waals surface area contributed by atoms with Gasteiger partial charge >= 0.3 is 5.69 Å². The number of para-hydroxylation sites is 1. The highest BCUT2D eigenvalue weighted by Crippen LogP contribution is 2.33. The second kappa shape index (κ2) is 5.95. The molecule has 0 bridgehead atoms. The first-order chi connectivity index (χ1) is 7.66. The van der Waals surface area contributed by atoms with Crippen LogP contribution in [0.25, 0.3) is 0 Å². The molecule has 1 aromatic rings. The lowest BCUT2D eigenvalue weighted by Crippen LogP contribution is -2.02. The summed E-state index contributed by atoms with van der Waals surface area (Å²) in [6, 6.07) is 4.47. The molecule has 88 valence electrons. The van der Waals surface area contributed by atoms with Gasteiger partial charge in [0.05, 0.1) is 10.6 Å². The summed E-state index contributed by atoms with van der Waals surface area (Å²) < 4.78 is 0. The Bertz CT molecular complexity index is 366. The second-order valence-corrected chi connectivity index (χ2v) is 3.56. The van der Waals surface area contributed by atoms with Crippen molar-refractivity contribution < 1.29 is 10.0 Å². The number of anilines is 1. The van der Waals surface area contributed by atoms with Gasteiger partial charge in [0.2, 0.25) is 5.75 Å². The maximum Gasteiger partial charge on any atom is 0.312 e. The third kappa shape index (κ3) is 3.12. The van der Waals surface area contributed by atoms with Crippen LogP contribution in [0.3, 0.4) is 0 Å². The van der Waals surface area contributed by atoms with Crippen molar-refractivity contribution >= 4 is 11.4 Å². The van der Waals surface area contributed by atoms with Crippen molar-refractivity contribution in [2.45, 2.75) is 26.2 Å². The van der Waals surface area contributed by atoms with Crippen molar-refractivity contribution in [1.29, 1.82) is 0 Å². The highest BCUT2D eigenvalue weighted by molar-refractivity contribution is 5.65. The van der Waals surface area contributed by atoms with Crippen LogP contribution in [0.15, 0.2) is 18.2 Å². The first-order valence-corrected chi connectivity index (χ1v) is 5.37.